The van der Waals surface area contributed by atoms with Crippen LogP contribution in [0.15, 0.2) is 48.5 Å². The van der Waals surface area contributed by atoms with Gasteiger partial charge in [0.1, 0.15) is 6.61 Å². The molecule has 0 unspecified atom stereocenters. The highest BCUT2D eigenvalue weighted by atomic mass is 16.6. The maximum absolute atomic E-state index is 12.7. The maximum atomic E-state index is 12.7. The third kappa shape index (κ3) is 2.70. The molecule has 1 amide bonds. The largest absolute Gasteiger partial charge is 0.477 e. The number of aliphatic carboxylic acids is 1. The van der Waals surface area contributed by atoms with Gasteiger partial charge in [0.25, 0.3) is 12.2 Å². The molecule has 7 heteroatoms. The van der Waals surface area contributed by atoms with Gasteiger partial charge in [-0.15, -0.1) is 0 Å². The molecule has 1 fully saturated rings. The van der Waals surface area contributed by atoms with Gasteiger partial charge in [0.15, 0.2) is 0 Å². The zero-order chi connectivity index (χ0) is 19.7. The lowest BCUT2D eigenvalue weighted by Crippen LogP contribution is -2.55. The van der Waals surface area contributed by atoms with E-state index in [1.54, 1.807) is 0 Å². The summed E-state index contributed by atoms with van der Waals surface area (Å²) >= 11 is 0. The van der Waals surface area contributed by atoms with Gasteiger partial charge in [-0.1, -0.05) is 48.5 Å². The first kappa shape index (κ1) is 18.0. The Kier molecular flexibility index (Phi) is 4.50. The predicted molar refractivity (Wildman–Crippen MR) is 98.5 cm³/mol. The van der Waals surface area contributed by atoms with Crippen LogP contribution in [-0.4, -0.2) is 47.4 Å². The van der Waals surface area contributed by atoms with Crippen LogP contribution in [0.5, 0.6) is 0 Å². The highest BCUT2D eigenvalue weighted by Gasteiger charge is 2.53. The van der Waals surface area contributed by atoms with E-state index in [1.807, 2.05) is 48.5 Å². The third-order valence-electron chi connectivity index (χ3n) is 5.47. The zero-order valence-electron chi connectivity index (χ0n) is 15.0. The molecule has 28 heavy (non-hydrogen) atoms. The number of carboxylic acids is 1. The van der Waals surface area contributed by atoms with E-state index in [-0.39, 0.29) is 32.0 Å². The van der Waals surface area contributed by atoms with Crippen molar-refractivity contribution in [3.63, 3.8) is 0 Å². The molecule has 0 aromatic heterocycles. The molecule has 7 nitrogen and oxygen atoms in total. The summed E-state index contributed by atoms with van der Waals surface area (Å²) in [5.41, 5.74) is 2.33. The second-order valence-electron chi connectivity index (χ2n) is 6.86. The van der Waals surface area contributed by atoms with Crippen molar-refractivity contribution in [2.45, 2.75) is 24.5 Å². The number of likely N-dealkylation sites (tertiary alicyclic amines) is 1. The number of rotatable bonds is 5. The summed E-state index contributed by atoms with van der Waals surface area (Å²) in [6, 6.07) is 15.9. The molecule has 1 heterocycles. The van der Waals surface area contributed by atoms with Crippen molar-refractivity contribution < 1.29 is 29.0 Å². The molecule has 1 saturated heterocycles. The lowest BCUT2D eigenvalue weighted by molar-refractivity contribution is -0.186. The van der Waals surface area contributed by atoms with Gasteiger partial charge < -0.3 is 14.6 Å². The van der Waals surface area contributed by atoms with E-state index in [0.29, 0.717) is 6.42 Å². The molecule has 0 saturated carbocycles. The number of fused-ring (bicyclic) bond motifs is 3. The molecule has 2 aromatic carbocycles. The monoisotopic (exact) mass is 381 g/mol. The minimum Gasteiger partial charge on any atom is -0.477 e. The number of amides is 1. The van der Waals surface area contributed by atoms with Crippen LogP contribution in [0.3, 0.4) is 0 Å². The van der Waals surface area contributed by atoms with Crippen molar-refractivity contribution in [3.05, 3.63) is 59.7 Å². The number of hydrogen-bond donors (Lipinski definition) is 1. The molecular formula is C21H19NO6. The summed E-state index contributed by atoms with van der Waals surface area (Å²) in [6.45, 7) is 0.278. The first-order valence-corrected chi connectivity index (χ1v) is 9.06. The Morgan fingerprint density at radius 1 is 1.11 bits per heavy atom. The average molecular weight is 381 g/mol. The number of benzene rings is 2. The van der Waals surface area contributed by atoms with Crippen LogP contribution in [-0.2, 0) is 19.1 Å². The molecule has 0 bridgehead atoms. The van der Waals surface area contributed by atoms with Gasteiger partial charge in [-0.25, -0.2) is 9.59 Å². The second kappa shape index (κ2) is 6.99. The highest BCUT2D eigenvalue weighted by molar-refractivity contribution is 5.85. The van der Waals surface area contributed by atoms with Crippen LogP contribution in [0.1, 0.15) is 29.9 Å². The van der Waals surface area contributed by atoms with Crippen LogP contribution >= 0.6 is 0 Å². The van der Waals surface area contributed by atoms with E-state index in [9.17, 15) is 19.5 Å². The van der Waals surface area contributed by atoms with E-state index in [0.717, 1.165) is 27.2 Å². The number of carbonyl (C=O) groups excluding carboxylic acids is 2. The number of hydrogen-bond acceptors (Lipinski definition) is 5. The molecule has 2 aromatic rings. The van der Waals surface area contributed by atoms with Gasteiger partial charge in [-0.05, 0) is 28.7 Å². The Bertz CT molecular complexity index is 896. The molecule has 144 valence electrons. The topological polar surface area (TPSA) is 93.1 Å². The van der Waals surface area contributed by atoms with Gasteiger partial charge >= 0.3 is 12.1 Å². The first-order chi connectivity index (χ1) is 13.6. The van der Waals surface area contributed by atoms with Crippen LogP contribution in [0.4, 0.5) is 4.79 Å². The van der Waals surface area contributed by atoms with Gasteiger partial charge in [0.05, 0.1) is 0 Å². The van der Waals surface area contributed by atoms with Gasteiger partial charge in [-0.2, -0.15) is 0 Å². The molecule has 0 spiro atoms. The average Bonchev–Trinajstić information content (AvgIpc) is 3.27. The second-order valence-corrected chi connectivity index (χ2v) is 6.86. The Morgan fingerprint density at radius 3 is 2.29 bits per heavy atom. The smallest absolute Gasteiger partial charge is 0.413 e. The highest BCUT2D eigenvalue weighted by Crippen LogP contribution is 2.44. The summed E-state index contributed by atoms with van der Waals surface area (Å²) < 4.78 is 10.3. The zero-order valence-corrected chi connectivity index (χ0v) is 15.0. The van der Waals surface area contributed by atoms with E-state index in [2.05, 4.69) is 0 Å². The van der Waals surface area contributed by atoms with Crippen LogP contribution in [0.25, 0.3) is 11.1 Å². The third-order valence-corrected chi connectivity index (χ3v) is 5.47. The number of ether oxygens (including phenoxy) is 2. The van der Waals surface area contributed by atoms with E-state index >= 15 is 0 Å². The minimum absolute atomic E-state index is 0.0330. The number of carboxylic acid groups (broad SMARTS) is 1. The molecule has 4 rings (SSSR count). The quantitative estimate of drug-likeness (QED) is 0.801. The van der Waals surface area contributed by atoms with Crippen molar-refractivity contribution in [1.82, 2.24) is 4.90 Å². The van der Waals surface area contributed by atoms with Crippen molar-refractivity contribution in [1.29, 1.82) is 0 Å². The Balaban J connectivity index is 1.56. The van der Waals surface area contributed by atoms with Crippen molar-refractivity contribution in [3.8, 4) is 11.1 Å². The summed E-state index contributed by atoms with van der Waals surface area (Å²) in [5.74, 6) is -1.52. The SMILES string of the molecule is O=CO[C@@]1(C(=O)O)CCCN1C(=O)OCC1c2ccccc2-c2ccccc21. The minimum atomic E-state index is -2.00. The van der Waals surface area contributed by atoms with Crippen molar-refractivity contribution in [2.24, 2.45) is 0 Å². The van der Waals surface area contributed by atoms with Crippen molar-refractivity contribution in [2.75, 3.05) is 13.2 Å². The fourth-order valence-electron chi connectivity index (χ4n) is 4.18. The maximum Gasteiger partial charge on any atom is 0.413 e. The first-order valence-electron chi connectivity index (χ1n) is 9.06. The fourth-order valence-corrected chi connectivity index (χ4v) is 4.18. The van der Waals surface area contributed by atoms with E-state index in [4.69, 9.17) is 9.47 Å². The van der Waals surface area contributed by atoms with Crippen LogP contribution in [0, 0.1) is 0 Å². The van der Waals surface area contributed by atoms with Crippen LogP contribution < -0.4 is 0 Å². The molecule has 0 radical (unpaired) electrons. The molecule has 1 N–H and O–H groups in total. The number of nitrogens with zero attached hydrogens (tertiary/aromatic N) is 1. The fraction of sp³-hybridized carbons (Fsp3) is 0.286. The Labute approximate surface area is 161 Å². The summed E-state index contributed by atoms with van der Waals surface area (Å²) in [5, 5.41) is 9.52. The Hall–Kier alpha value is -3.35. The Morgan fingerprint density at radius 2 is 1.71 bits per heavy atom. The van der Waals surface area contributed by atoms with Crippen LogP contribution in [0.2, 0.25) is 0 Å². The summed E-state index contributed by atoms with van der Waals surface area (Å²) in [7, 11) is 0. The molecule has 1 atom stereocenters. The van der Waals surface area contributed by atoms with Gasteiger partial charge in [0.2, 0.25) is 0 Å². The summed E-state index contributed by atoms with van der Waals surface area (Å²) in [6.07, 6.45) is -0.362. The molecule has 2 aliphatic rings. The molecular weight excluding hydrogens is 362 g/mol. The molecule has 1 aliphatic heterocycles. The normalized spacial score (nSPS) is 20.4. The lowest BCUT2D eigenvalue weighted by atomic mass is 9.98. The lowest BCUT2D eigenvalue weighted by Gasteiger charge is -2.31. The molecule has 1 aliphatic carbocycles. The number of carbonyl (C=O) groups is 3. The van der Waals surface area contributed by atoms with Gasteiger partial charge in [0, 0.05) is 18.9 Å². The van der Waals surface area contributed by atoms with E-state index in [1.165, 1.54) is 0 Å². The summed E-state index contributed by atoms with van der Waals surface area (Å²) in [4.78, 5) is 36.1. The van der Waals surface area contributed by atoms with E-state index < -0.39 is 17.8 Å². The predicted octanol–water partition coefficient (Wildman–Crippen LogP) is 2.99. The van der Waals surface area contributed by atoms with Gasteiger partial charge in [-0.3, -0.25) is 9.69 Å². The van der Waals surface area contributed by atoms with Crippen molar-refractivity contribution >= 4 is 18.5 Å². The standard InChI is InChI=1S/C21H19NO6/c23-13-28-21(19(24)25)10-5-11-22(21)20(26)27-12-18-16-8-3-1-6-14(16)15-7-2-4-9-17(15)18/h1-4,6-9,13,18H,5,10-12H2,(H,24,25)/t21-/m1/s1.